The molecule has 3 aromatic rings. The fourth-order valence-corrected chi connectivity index (χ4v) is 4.03. The molecule has 1 saturated carbocycles. The molecule has 1 aromatic heterocycles. The lowest BCUT2D eigenvalue weighted by molar-refractivity contribution is 0.0658. The highest BCUT2D eigenvalue weighted by molar-refractivity contribution is 5.94. The van der Waals surface area contributed by atoms with Gasteiger partial charge in [0.1, 0.15) is 5.69 Å². The Morgan fingerprint density at radius 2 is 1.82 bits per heavy atom. The third kappa shape index (κ3) is 3.15. The summed E-state index contributed by atoms with van der Waals surface area (Å²) in [5, 5.41) is 0. The Kier molecular flexibility index (Phi) is 4.31. The number of amides is 1. The number of rotatable bonds is 4. The van der Waals surface area contributed by atoms with E-state index in [2.05, 4.69) is 9.97 Å². The van der Waals surface area contributed by atoms with Gasteiger partial charge in [-0.2, -0.15) is 0 Å². The van der Waals surface area contributed by atoms with E-state index in [1.54, 1.807) is 6.20 Å². The maximum Gasteiger partial charge on any atom is 0.274 e. The Morgan fingerprint density at radius 3 is 2.68 bits per heavy atom. The summed E-state index contributed by atoms with van der Waals surface area (Å²) in [6.45, 7) is 0.769. The Morgan fingerprint density at radius 1 is 1.04 bits per heavy atom. The SMILES string of the molecule is O=C(c1cnc2ccccc2n1)N(Cc1ccc2c(c1)OCO2)C1CCCC1. The van der Waals surface area contributed by atoms with Gasteiger partial charge in [-0.25, -0.2) is 4.98 Å². The van der Waals surface area contributed by atoms with E-state index in [0.29, 0.717) is 12.2 Å². The first kappa shape index (κ1) is 17.0. The predicted octanol–water partition coefficient (Wildman–Crippen LogP) is 3.94. The number of nitrogens with zero attached hydrogens (tertiary/aromatic N) is 3. The fraction of sp³-hybridized carbons (Fsp3) is 0.318. The quantitative estimate of drug-likeness (QED) is 0.691. The summed E-state index contributed by atoms with van der Waals surface area (Å²) in [7, 11) is 0. The Labute approximate surface area is 163 Å². The minimum atomic E-state index is -0.0668. The Hall–Kier alpha value is -3.15. The number of para-hydroxylation sites is 2. The fourth-order valence-electron chi connectivity index (χ4n) is 4.03. The summed E-state index contributed by atoms with van der Waals surface area (Å²) in [5.41, 5.74) is 2.95. The van der Waals surface area contributed by atoms with Crippen LogP contribution in [0.5, 0.6) is 11.5 Å². The van der Waals surface area contributed by atoms with Gasteiger partial charge < -0.3 is 14.4 Å². The number of hydrogen-bond acceptors (Lipinski definition) is 5. The average Bonchev–Trinajstić information content (AvgIpc) is 3.42. The van der Waals surface area contributed by atoms with Crippen molar-refractivity contribution in [1.82, 2.24) is 14.9 Å². The largest absolute Gasteiger partial charge is 0.454 e. The van der Waals surface area contributed by atoms with E-state index >= 15 is 0 Å². The highest BCUT2D eigenvalue weighted by Crippen LogP contribution is 2.34. The molecule has 0 N–H and O–H groups in total. The van der Waals surface area contributed by atoms with E-state index < -0.39 is 0 Å². The van der Waals surface area contributed by atoms with E-state index in [9.17, 15) is 4.79 Å². The Bertz CT molecular complexity index is 1030. The molecule has 6 nitrogen and oxygen atoms in total. The molecule has 0 unspecified atom stereocenters. The van der Waals surface area contributed by atoms with Crippen LogP contribution in [-0.2, 0) is 6.54 Å². The van der Waals surface area contributed by atoms with Crippen molar-refractivity contribution in [2.24, 2.45) is 0 Å². The van der Waals surface area contributed by atoms with E-state index in [0.717, 1.165) is 53.8 Å². The molecule has 1 aliphatic carbocycles. The zero-order valence-electron chi connectivity index (χ0n) is 15.5. The van der Waals surface area contributed by atoms with Gasteiger partial charge in [-0.3, -0.25) is 9.78 Å². The van der Waals surface area contributed by atoms with Crippen molar-refractivity contribution in [2.75, 3.05) is 6.79 Å². The molecule has 0 radical (unpaired) electrons. The minimum Gasteiger partial charge on any atom is -0.454 e. The van der Waals surface area contributed by atoms with Crippen LogP contribution in [0.15, 0.2) is 48.7 Å². The van der Waals surface area contributed by atoms with Crippen LogP contribution < -0.4 is 9.47 Å². The van der Waals surface area contributed by atoms with Gasteiger partial charge in [-0.05, 0) is 42.7 Å². The van der Waals surface area contributed by atoms with Gasteiger partial charge in [-0.15, -0.1) is 0 Å². The van der Waals surface area contributed by atoms with E-state index in [1.165, 1.54) is 0 Å². The molecule has 0 spiro atoms. The van der Waals surface area contributed by atoms with Crippen LogP contribution in [-0.4, -0.2) is 33.6 Å². The van der Waals surface area contributed by atoms with Crippen LogP contribution in [0.4, 0.5) is 0 Å². The van der Waals surface area contributed by atoms with E-state index in [4.69, 9.17) is 9.47 Å². The van der Waals surface area contributed by atoms with Crippen molar-refractivity contribution in [2.45, 2.75) is 38.3 Å². The summed E-state index contributed by atoms with van der Waals surface area (Å²) in [6, 6.07) is 13.7. The molecule has 142 valence electrons. The molecule has 0 bridgehead atoms. The van der Waals surface area contributed by atoms with Crippen LogP contribution in [0.1, 0.15) is 41.7 Å². The average molecular weight is 375 g/mol. The maximum absolute atomic E-state index is 13.4. The van der Waals surface area contributed by atoms with E-state index in [1.807, 2.05) is 47.4 Å². The molecular weight excluding hydrogens is 354 g/mol. The smallest absolute Gasteiger partial charge is 0.274 e. The lowest BCUT2D eigenvalue weighted by Crippen LogP contribution is -2.38. The third-order valence-electron chi connectivity index (χ3n) is 5.48. The van der Waals surface area contributed by atoms with Gasteiger partial charge in [0, 0.05) is 12.6 Å². The molecule has 5 rings (SSSR count). The molecule has 6 heteroatoms. The monoisotopic (exact) mass is 375 g/mol. The van der Waals surface area contributed by atoms with Gasteiger partial charge in [0.25, 0.3) is 5.91 Å². The second-order valence-electron chi connectivity index (χ2n) is 7.30. The zero-order valence-corrected chi connectivity index (χ0v) is 15.5. The van der Waals surface area contributed by atoms with Crippen molar-refractivity contribution in [3.8, 4) is 11.5 Å². The highest BCUT2D eigenvalue weighted by atomic mass is 16.7. The second-order valence-corrected chi connectivity index (χ2v) is 7.30. The van der Waals surface area contributed by atoms with Crippen molar-refractivity contribution < 1.29 is 14.3 Å². The number of fused-ring (bicyclic) bond motifs is 2. The number of ether oxygens (including phenoxy) is 2. The number of carbonyl (C=O) groups is 1. The molecule has 2 heterocycles. The van der Waals surface area contributed by atoms with Crippen LogP contribution in [0.2, 0.25) is 0 Å². The molecule has 2 aromatic carbocycles. The molecule has 1 aliphatic heterocycles. The van der Waals surface area contributed by atoms with E-state index in [-0.39, 0.29) is 18.7 Å². The summed E-state index contributed by atoms with van der Waals surface area (Å²) in [4.78, 5) is 24.3. The first-order chi connectivity index (χ1) is 13.8. The van der Waals surface area contributed by atoms with Gasteiger partial charge >= 0.3 is 0 Å². The lowest BCUT2D eigenvalue weighted by atomic mass is 10.1. The van der Waals surface area contributed by atoms with Crippen LogP contribution in [0.25, 0.3) is 11.0 Å². The molecule has 0 saturated heterocycles. The maximum atomic E-state index is 13.4. The molecule has 2 aliphatic rings. The van der Waals surface area contributed by atoms with Crippen LogP contribution in [0, 0.1) is 0 Å². The summed E-state index contributed by atoms with van der Waals surface area (Å²) in [5.74, 6) is 1.42. The number of aromatic nitrogens is 2. The summed E-state index contributed by atoms with van der Waals surface area (Å²) < 4.78 is 10.9. The molecule has 1 fully saturated rings. The third-order valence-corrected chi connectivity index (χ3v) is 5.48. The van der Waals surface area contributed by atoms with Crippen molar-refractivity contribution in [3.63, 3.8) is 0 Å². The van der Waals surface area contributed by atoms with Crippen LogP contribution >= 0.6 is 0 Å². The summed E-state index contributed by atoms with van der Waals surface area (Å²) in [6.07, 6.45) is 5.94. The van der Waals surface area contributed by atoms with Crippen molar-refractivity contribution in [3.05, 3.63) is 59.9 Å². The molecule has 0 atom stereocenters. The molecular formula is C22H21N3O3. The van der Waals surface area contributed by atoms with Gasteiger partial charge in [0.05, 0.1) is 17.2 Å². The number of carbonyl (C=O) groups excluding carboxylic acids is 1. The topological polar surface area (TPSA) is 64.6 Å². The first-order valence-electron chi connectivity index (χ1n) is 9.69. The molecule has 28 heavy (non-hydrogen) atoms. The number of hydrogen-bond donors (Lipinski definition) is 0. The normalized spacial score (nSPS) is 15.9. The first-order valence-corrected chi connectivity index (χ1v) is 9.69. The summed E-state index contributed by atoms with van der Waals surface area (Å²) >= 11 is 0. The van der Waals surface area contributed by atoms with Gasteiger partial charge in [0.15, 0.2) is 11.5 Å². The second kappa shape index (κ2) is 7.11. The van der Waals surface area contributed by atoms with Gasteiger partial charge in [-0.1, -0.05) is 31.0 Å². The highest BCUT2D eigenvalue weighted by Gasteiger charge is 2.29. The number of benzene rings is 2. The Balaban J connectivity index is 1.46. The minimum absolute atomic E-state index is 0.0668. The van der Waals surface area contributed by atoms with Crippen LogP contribution in [0.3, 0.4) is 0 Å². The zero-order chi connectivity index (χ0) is 18.9. The molecule has 1 amide bonds. The van der Waals surface area contributed by atoms with Crippen molar-refractivity contribution in [1.29, 1.82) is 0 Å². The lowest BCUT2D eigenvalue weighted by Gasteiger charge is -2.29. The van der Waals surface area contributed by atoms with Crippen molar-refractivity contribution >= 4 is 16.9 Å². The predicted molar refractivity (Wildman–Crippen MR) is 104 cm³/mol. The standard InChI is InChI=1S/C22H21N3O3/c26-22(19-12-23-17-7-3-4-8-18(17)24-19)25(16-5-1-2-6-16)13-15-9-10-20-21(11-15)28-14-27-20/h3-4,7-12,16H,1-2,5-6,13-14H2. The van der Waals surface area contributed by atoms with Gasteiger partial charge in [0.2, 0.25) is 6.79 Å².